The molecule has 1 aliphatic carbocycles. The molecule has 1 aliphatic rings. The van der Waals surface area contributed by atoms with Crippen LogP contribution in [0.1, 0.15) is 25.0 Å². The number of hydrogen-bond donors (Lipinski definition) is 1. The molecule has 1 N–H and O–H groups in total. The second-order valence-corrected chi connectivity index (χ2v) is 3.84. The molecule has 1 fully saturated rings. The van der Waals surface area contributed by atoms with E-state index < -0.39 is 0 Å². The molecule has 1 saturated carbocycles. The van der Waals surface area contributed by atoms with E-state index in [9.17, 15) is 0 Å². The van der Waals surface area contributed by atoms with E-state index in [1.54, 1.807) is 6.20 Å². The Morgan fingerprint density at radius 3 is 2.75 bits per heavy atom. The summed E-state index contributed by atoms with van der Waals surface area (Å²) in [5.74, 6) is 0.601. The van der Waals surface area contributed by atoms with E-state index >= 15 is 0 Å². The van der Waals surface area contributed by atoms with Crippen molar-refractivity contribution in [3.05, 3.63) is 18.1 Å². The lowest BCUT2D eigenvalue weighted by Crippen LogP contribution is -2.43. The van der Waals surface area contributed by atoms with Crippen molar-refractivity contribution in [2.75, 3.05) is 18.1 Å². The molecule has 1 aromatic rings. The highest BCUT2D eigenvalue weighted by molar-refractivity contribution is 5.50. The maximum atomic E-state index is 9.06. The number of rotatable bonds is 4. The average Bonchev–Trinajstić information content (AvgIpc) is 2.26. The number of aliphatic hydroxyl groups is 1. The average molecular weight is 218 g/mol. The van der Waals surface area contributed by atoms with Crippen LogP contribution in [0.4, 0.5) is 5.82 Å². The summed E-state index contributed by atoms with van der Waals surface area (Å²) in [7, 11) is 0. The fourth-order valence-electron chi connectivity index (χ4n) is 1.89. The van der Waals surface area contributed by atoms with Crippen molar-refractivity contribution in [2.45, 2.75) is 25.3 Å². The van der Waals surface area contributed by atoms with Gasteiger partial charge in [0.2, 0.25) is 0 Å². The van der Waals surface area contributed by atoms with E-state index in [0.717, 1.165) is 12.8 Å². The van der Waals surface area contributed by atoms with Gasteiger partial charge in [0.15, 0.2) is 11.5 Å². The molecule has 0 amide bonds. The highest BCUT2D eigenvalue weighted by Gasteiger charge is 2.27. The van der Waals surface area contributed by atoms with Crippen LogP contribution in [0.25, 0.3) is 0 Å². The topological polar surface area (TPSA) is 73.0 Å². The van der Waals surface area contributed by atoms with E-state index in [4.69, 9.17) is 10.4 Å². The third kappa shape index (κ3) is 1.97. The van der Waals surface area contributed by atoms with Gasteiger partial charge in [-0.05, 0) is 19.3 Å². The first kappa shape index (κ1) is 10.8. The molecule has 0 bridgehead atoms. The van der Waals surface area contributed by atoms with Gasteiger partial charge in [0, 0.05) is 25.0 Å². The summed E-state index contributed by atoms with van der Waals surface area (Å²) in [5, 5.41) is 18.0. The van der Waals surface area contributed by atoms with E-state index in [-0.39, 0.29) is 6.61 Å². The summed E-state index contributed by atoms with van der Waals surface area (Å²) >= 11 is 0. The second kappa shape index (κ2) is 4.90. The number of nitrogens with zero attached hydrogens (tertiary/aromatic N) is 4. The van der Waals surface area contributed by atoms with Gasteiger partial charge in [0.05, 0.1) is 6.61 Å². The van der Waals surface area contributed by atoms with Crippen LogP contribution in [-0.2, 0) is 0 Å². The van der Waals surface area contributed by atoms with Crippen LogP contribution in [0.15, 0.2) is 12.4 Å². The maximum Gasteiger partial charge on any atom is 0.183 e. The van der Waals surface area contributed by atoms with Crippen molar-refractivity contribution in [1.82, 2.24) is 9.97 Å². The molecule has 84 valence electrons. The van der Waals surface area contributed by atoms with Crippen LogP contribution in [0.3, 0.4) is 0 Å². The SMILES string of the molecule is N#Cc1nccnc1N(CCO)C1CCC1. The number of hydrogen-bond acceptors (Lipinski definition) is 5. The lowest BCUT2D eigenvalue weighted by molar-refractivity contribution is 0.283. The molecule has 1 aromatic heterocycles. The van der Waals surface area contributed by atoms with Gasteiger partial charge >= 0.3 is 0 Å². The van der Waals surface area contributed by atoms with Crippen molar-refractivity contribution in [1.29, 1.82) is 5.26 Å². The van der Waals surface area contributed by atoms with Crippen LogP contribution in [0, 0.1) is 11.3 Å². The Morgan fingerprint density at radius 2 is 2.19 bits per heavy atom. The van der Waals surface area contributed by atoms with Crippen molar-refractivity contribution in [3.8, 4) is 6.07 Å². The number of anilines is 1. The minimum Gasteiger partial charge on any atom is -0.395 e. The Labute approximate surface area is 94.4 Å². The molecular formula is C11H14N4O. The van der Waals surface area contributed by atoms with Gasteiger partial charge in [-0.1, -0.05) is 0 Å². The maximum absolute atomic E-state index is 9.06. The van der Waals surface area contributed by atoms with Crippen LogP contribution in [-0.4, -0.2) is 34.3 Å². The molecular weight excluding hydrogens is 204 g/mol. The monoisotopic (exact) mass is 218 g/mol. The standard InChI is InChI=1S/C11H14N4O/c12-8-10-11(14-5-4-13-10)15(6-7-16)9-2-1-3-9/h4-5,9,16H,1-3,6-7H2. The highest BCUT2D eigenvalue weighted by atomic mass is 16.3. The predicted molar refractivity (Wildman–Crippen MR) is 58.8 cm³/mol. The largest absolute Gasteiger partial charge is 0.395 e. The zero-order valence-electron chi connectivity index (χ0n) is 9.00. The third-order valence-electron chi connectivity index (χ3n) is 2.91. The second-order valence-electron chi connectivity index (χ2n) is 3.84. The van der Waals surface area contributed by atoms with Gasteiger partial charge in [-0.3, -0.25) is 0 Å². The zero-order valence-corrected chi connectivity index (χ0v) is 9.00. The van der Waals surface area contributed by atoms with E-state index in [0.29, 0.717) is 24.1 Å². The Balaban J connectivity index is 2.27. The molecule has 0 radical (unpaired) electrons. The fourth-order valence-corrected chi connectivity index (χ4v) is 1.89. The van der Waals surface area contributed by atoms with Crippen molar-refractivity contribution < 1.29 is 5.11 Å². The Hall–Kier alpha value is -1.67. The number of aromatic nitrogens is 2. The van der Waals surface area contributed by atoms with E-state index in [1.165, 1.54) is 12.6 Å². The Bertz CT molecular complexity index is 397. The Morgan fingerprint density at radius 1 is 1.44 bits per heavy atom. The molecule has 0 atom stereocenters. The van der Waals surface area contributed by atoms with Gasteiger partial charge in [-0.15, -0.1) is 0 Å². The first-order valence-corrected chi connectivity index (χ1v) is 5.45. The summed E-state index contributed by atoms with van der Waals surface area (Å²) < 4.78 is 0. The van der Waals surface area contributed by atoms with Crippen LogP contribution in [0.2, 0.25) is 0 Å². The summed E-state index contributed by atoms with van der Waals surface area (Å²) in [6.45, 7) is 0.579. The molecule has 16 heavy (non-hydrogen) atoms. The Kier molecular flexibility index (Phi) is 3.32. The van der Waals surface area contributed by atoms with Gasteiger partial charge in [-0.2, -0.15) is 5.26 Å². The lowest BCUT2D eigenvalue weighted by Gasteiger charge is -2.38. The molecule has 0 aliphatic heterocycles. The molecule has 0 unspecified atom stereocenters. The smallest absolute Gasteiger partial charge is 0.183 e. The first-order valence-electron chi connectivity index (χ1n) is 5.45. The minimum atomic E-state index is 0.0674. The molecule has 5 heteroatoms. The molecule has 1 heterocycles. The molecule has 0 spiro atoms. The van der Waals surface area contributed by atoms with E-state index in [2.05, 4.69) is 9.97 Å². The molecule has 0 aromatic carbocycles. The lowest BCUT2D eigenvalue weighted by atomic mass is 9.91. The normalized spacial score (nSPS) is 15.2. The van der Waals surface area contributed by atoms with Crippen LogP contribution in [0.5, 0.6) is 0 Å². The molecule has 2 rings (SSSR count). The summed E-state index contributed by atoms with van der Waals surface area (Å²) in [6.07, 6.45) is 6.50. The highest BCUT2D eigenvalue weighted by Crippen LogP contribution is 2.29. The first-order chi connectivity index (χ1) is 7.86. The van der Waals surface area contributed by atoms with Crippen LogP contribution < -0.4 is 4.90 Å². The van der Waals surface area contributed by atoms with Gasteiger partial charge < -0.3 is 10.0 Å². The van der Waals surface area contributed by atoms with Crippen molar-refractivity contribution >= 4 is 5.82 Å². The predicted octanol–water partition coefficient (Wildman–Crippen LogP) is 0.699. The summed E-state index contributed by atoms with van der Waals surface area (Å²) in [4.78, 5) is 10.2. The number of nitriles is 1. The summed E-state index contributed by atoms with van der Waals surface area (Å²) in [5.41, 5.74) is 0.336. The number of aliphatic hydroxyl groups excluding tert-OH is 1. The van der Waals surface area contributed by atoms with Gasteiger partial charge in [0.25, 0.3) is 0 Å². The van der Waals surface area contributed by atoms with Gasteiger partial charge in [0.1, 0.15) is 6.07 Å². The van der Waals surface area contributed by atoms with Crippen molar-refractivity contribution in [3.63, 3.8) is 0 Å². The zero-order chi connectivity index (χ0) is 11.4. The molecule has 5 nitrogen and oxygen atoms in total. The quantitative estimate of drug-likeness (QED) is 0.805. The van der Waals surface area contributed by atoms with Crippen LogP contribution >= 0.6 is 0 Å². The van der Waals surface area contributed by atoms with Gasteiger partial charge in [-0.25, -0.2) is 9.97 Å². The van der Waals surface area contributed by atoms with E-state index in [1.807, 2.05) is 11.0 Å². The molecule has 0 saturated heterocycles. The fraction of sp³-hybridized carbons (Fsp3) is 0.545. The summed E-state index contributed by atoms with van der Waals surface area (Å²) in [6, 6.07) is 2.44. The minimum absolute atomic E-state index is 0.0674. The third-order valence-corrected chi connectivity index (χ3v) is 2.91. The van der Waals surface area contributed by atoms with Crippen molar-refractivity contribution in [2.24, 2.45) is 0 Å².